The highest BCUT2D eigenvalue weighted by Gasteiger charge is 2.39. The molecule has 1 saturated heterocycles. The lowest BCUT2D eigenvalue weighted by molar-refractivity contribution is 0.250. The highest BCUT2D eigenvalue weighted by atomic mass is 35.5. The number of pyridine rings is 1. The predicted molar refractivity (Wildman–Crippen MR) is 71.7 cm³/mol. The van der Waals surface area contributed by atoms with Crippen molar-refractivity contribution in [3.8, 4) is 11.5 Å². The molecule has 5 nitrogen and oxygen atoms in total. The van der Waals surface area contributed by atoms with Crippen molar-refractivity contribution in [2.45, 2.75) is 31.7 Å². The molecule has 1 fully saturated rings. The van der Waals surface area contributed by atoms with Gasteiger partial charge in [0.25, 0.3) is 0 Å². The van der Waals surface area contributed by atoms with E-state index in [1.807, 2.05) is 0 Å². The molecule has 6 heteroatoms. The first-order valence-electron chi connectivity index (χ1n) is 6.45. The van der Waals surface area contributed by atoms with Gasteiger partial charge in [-0.05, 0) is 37.9 Å². The van der Waals surface area contributed by atoms with Crippen molar-refractivity contribution < 1.29 is 4.52 Å². The van der Waals surface area contributed by atoms with Crippen molar-refractivity contribution >= 4 is 11.6 Å². The van der Waals surface area contributed by atoms with Crippen molar-refractivity contribution in [3.63, 3.8) is 0 Å². The Morgan fingerprint density at radius 2 is 2.42 bits per heavy atom. The third-order valence-electron chi connectivity index (χ3n) is 3.65. The van der Waals surface area contributed by atoms with Crippen molar-refractivity contribution in [3.05, 3.63) is 29.2 Å². The Morgan fingerprint density at radius 3 is 3.11 bits per heavy atom. The van der Waals surface area contributed by atoms with E-state index in [1.54, 1.807) is 18.3 Å². The molecule has 100 valence electrons. The second-order valence-corrected chi connectivity index (χ2v) is 5.13. The molecule has 3 heterocycles. The molecule has 3 rings (SSSR count). The Kier molecular flexibility index (Phi) is 3.24. The van der Waals surface area contributed by atoms with Gasteiger partial charge in [-0.1, -0.05) is 23.7 Å². The van der Waals surface area contributed by atoms with Crippen LogP contribution < -0.4 is 5.32 Å². The maximum atomic E-state index is 6.10. The van der Waals surface area contributed by atoms with Gasteiger partial charge in [-0.2, -0.15) is 4.98 Å². The van der Waals surface area contributed by atoms with Crippen LogP contribution in [0.25, 0.3) is 11.5 Å². The van der Waals surface area contributed by atoms with Gasteiger partial charge < -0.3 is 9.84 Å². The summed E-state index contributed by atoms with van der Waals surface area (Å²) in [5, 5.41) is 8.01. The molecule has 0 aromatic carbocycles. The van der Waals surface area contributed by atoms with E-state index in [0.717, 1.165) is 25.8 Å². The summed E-state index contributed by atoms with van der Waals surface area (Å²) in [4.78, 5) is 8.68. The monoisotopic (exact) mass is 278 g/mol. The van der Waals surface area contributed by atoms with Gasteiger partial charge in [-0.15, -0.1) is 0 Å². The first kappa shape index (κ1) is 12.6. The Labute approximate surface area is 116 Å². The van der Waals surface area contributed by atoms with Crippen LogP contribution >= 0.6 is 11.6 Å². The van der Waals surface area contributed by atoms with E-state index in [2.05, 4.69) is 27.4 Å². The highest BCUT2D eigenvalue weighted by molar-refractivity contribution is 6.32. The number of nitrogens with zero attached hydrogens (tertiary/aromatic N) is 3. The number of hydrogen-bond acceptors (Lipinski definition) is 5. The summed E-state index contributed by atoms with van der Waals surface area (Å²) < 4.78 is 5.43. The Balaban J connectivity index is 1.98. The maximum absolute atomic E-state index is 6.10. The molecule has 0 aliphatic carbocycles. The SMILES string of the molecule is CCC1(c2nc(-c3ncccc3Cl)no2)CCCN1. The fourth-order valence-electron chi connectivity index (χ4n) is 2.51. The number of rotatable bonds is 3. The van der Waals surface area contributed by atoms with Gasteiger partial charge in [0.1, 0.15) is 5.69 Å². The Morgan fingerprint density at radius 1 is 1.53 bits per heavy atom. The Bertz CT molecular complexity index is 578. The van der Waals surface area contributed by atoms with Crippen LogP contribution in [0.1, 0.15) is 32.1 Å². The van der Waals surface area contributed by atoms with Crippen LogP contribution in [0.2, 0.25) is 5.02 Å². The molecule has 2 aromatic rings. The number of nitrogens with one attached hydrogen (secondary N) is 1. The van der Waals surface area contributed by atoms with Crippen LogP contribution in [0, 0.1) is 0 Å². The maximum Gasteiger partial charge on any atom is 0.247 e. The van der Waals surface area contributed by atoms with Gasteiger partial charge in [0.15, 0.2) is 0 Å². The zero-order chi connectivity index (χ0) is 13.3. The molecule has 0 amide bonds. The van der Waals surface area contributed by atoms with E-state index < -0.39 is 0 Å². The molecule has 0 spiro atoms. The zero-order valence-electron chi connectivity index (χ0n) is 10.7. The molecule has 1 aliphatic heterocycles. The minimum Gasteiger partial charge on any atom is -0.337 e. The molecular formula is C13H15ClN4O. The Hall–Kier alpha value is -1.46. The fraction of sp³-hybridized carbons (Fsp3) is 0.462. The molecule has 2 aromatic heterocycles. The standard InChI is InChI=1S/C13H15ClN4O/c1-2-13(6-4-8-16-13)12-17-11(18-19-12)10-9(14)5-3-7-15-10/h3,5,7,16H,2,4,6,8H2,1H3. The lowest BCUT2D eigenvalue weighted by Gasteiger charge is -2.22. The van der Waals surface area contributed by atoms with Crippen LogP contribution in [0.15, 0.2) is 22.9 Å². The van der Waals surface area contributed by atoms with Crippen molar-refractivity contribution in [2.75, 3.05) is 6.54 Å². The molecule has 1 unspecified atom stereocenters. The van der Waals surface area contributed by atoms with Gasteiger partial charge in [0.05, 0.1) is 10.6 Å². The average molecular weight is 279 g/mol. The topological polar surface area (TPSA) is 63.8 Å². The number of aromatic nitrogens is 3. The van der Waals surface area contributed by atoms with E-state index in [1.165, 1.54) is 0 Å². The summed E-state index contributed by atoms with van der Waals surface area (Å²) in [7, 11) is 0. The van der Waals surface area contributed by atoms with Crippen LogP contribution in [-0.2, 0) is 5.54 Å². The lowest BCUT2D eigenvalue weighted by Crippen LogP contribution is -2.36. The minimum absolute atomic E-state index is 0.188. The molecular weight excluding hydrogens is 264 g/mol. The normalized spacial score (nSPS) is 22.8. The molecule has 1 N–H and O–H groups in total. The lowest BCUT2D eigenvalue weighted by atomic mass is 9.94. The molecule has 1 atom stereocenters. The van der Waals surface area contributed by atoms with E-state index in [4.69, 9.17) is 16.1 Å². The summed E-state index contributed by atoms with van der Waals surface area (Å²) in [6.45, 7) is 3.10. The van der Waals surface area contributed by atoms with Crippen LogP contribution in [-0.4, -0.2) is 21.7 Å². The van der Waals surface area contributed by atoms with Crippen molar-refractivity contribution in [1.29, 1.82) is 0 Å². The third-order valence-corrected chi connectivity index (χ3v) is 3.96. The van der Waals surface area contributed by atoms with Gasteiger partial charge in [0, 0.05) is 6.20 Å². The summed E-state index contributed by atoms with van der Waals surface area (Å²) in [5.74, 6) is 1.08. The third kappa shape index (κ3) is 2.13. The number of hydrogen-bond donors (Lipinski definition) is 1. The largest absolute Gasteiger partial charge is 0.337 e. The van der Waals surface area contributed by atoms with Crippen molar-refractivity contribution in [1.82, 2.24) is 20.4 Å². The van der Waals surface area contributed by atoms with Gasteiger partial charge in [0.2, 0.25) is 11.7 Å². The van der Waals surface area contributed by atoms with Gasteiger partial charge in [-0.25, -0.2) is 0 Å². The highest BCUT2D eigenvalue weighted by Crippen LogP contribution is 2.34. The van der Waals surface area contributed by atoms with E-state index in [-0.39, 0.29) is 5.54 Å². The minimum atomic E-state index is -0.188. The summed E-state index contributed by atoms with van der Waals surface area (Å²) >= 11 is 6.10. The van der Waals surface area contributed by atoms with Gasteiger partial charge in [-0.3, -0.25) is 4.98 Å². The molecule has 19 heavy (non-hydrogen) atoms. The predicted octanol–water partition coefficient (Wildman–Crippen LogP) is 2.77. The zero-order valence-corrected chi connectivity index (χ0v) is 11.4. The summed E-state index contributed by atoms with van der Waals surface area (Å²) in [6, 6.07) is 3.54. The summed E-state index contributed by atoms with van der Waals surface area (Å²) in [5.41, 5.74) is 0.371. The number of halogens is 1. The quantitative estimate of drug-likeness (QED) is 0.935. The van der Waals surface area contributed by atoms with Crippen LogP contribution in [0.4, 0.5) is 0 Å². The van der Waals surface area contributed by atoms with E-state index in [9.17, 15) is 0 Å². The van der Waals surface area contributed by atoms with Crippen LogP contribution in [0.5, 0.6) is 0 Å². The molecule has 0 saturated carbocycles. The van der Waals surface area contributed by atoms with E-state index >= 15 is 0 Å². The van der Waals surface area contributed by atoms with Crippen LogP contribution in [0.3, 0.4) is 0 Å². The fourth-order valence-corrected chi connectivity index (χ4v) is 2.71. The smallest absolute Gasteiger partial charge is 0.247 e. The van der Waals surface area contributed by atoms with E-state index in [0.29, 0.717) is 22.4 Å². The average Bonchev–Trinajstić information content (AvgIpc) is 3.09. The molecule has 1 aliphatic rings. The molecule has 0 bridgehead atoms. The van der Waals surface area contributed by atoms with Crippen molar-refractivity contribution in [2.24, 2.45) is 0 Å². The second-order valence-electron chi connectivity index (χ2n) is 4.72. The van der Waals surface area contributed by atoms with Gasteiger partial charge >= 0.3 is 0 Å². The molecule has 0 radical (unpaired) electrons. The first-order chi connectivity index (χ1) is 9.25. The summed E-state index contributed by atoms with van der Waals surface area (Å²) in [6.07, 6.45) is 4.72. The second kappa shape index (κ2) is 4.90. The first-order valence-corrected chi connectivity index (χ1v) is 6.83.